The zero-order chi connectivity index (χ0) is 13.9. The minimum Gasteiger partial charge on any atom is -0.464 e. The predicted molar refractivity (Wildman–Crippen MR) is 68.8 cm³/mol. The highest BCUT2D eigenvalue weighted by molar-refractivity contribution is 6.13. The first kappa shape index (κ1) is 13.5. The topological polar surface area (TPSA) is 60.4 Å². The summed E-state index contributed by atoms with van der Waals surface area (Å²) in [5.41, 5.74) is 0.450. The quantitative estimate of drug-likeness (QED) is 0.359. The lowest BCUT2D eigenvalue weighted by Crippen LogP contribution is -2.41. The van der Waals surface area contributed by atoms with E-state index in [1.807, 2.05) is 12.1 Å². The Morgan fingerprint density at radius 3 is 2.89 bits per heavy atom. The number of aryl methyl sites for hydroxylation is 1. The van der Waals surface area contributed by atoms with Gasteiger partial charge in [0.2, 0.25) is 0 Å². The normalized spacial score (nSPS) is 21.6. The molecule has 0 bridgehead atoms. The molecule has 0 saturated heterocycles. The van der Waals surface area contributed by atoms with Crippen LogP contribution < -0.4 is 0 Å². The molecule has 1 atom stereocenters. The molecule has 4 heteroatoms. The maximum Gasteiger partial charge on any atom is 0.319 e. The first-order chi connectivity index (χ1) is 9.09. The molecular formula is C15H16O4. The van der Waals surface area contributed by atoms with Gasteiger partial charge >= 0.3 is 5.97 Å². The Morgan fingerprint density at radius 1 is 1.42 bits per heavy atom. The van der Waals surface area contributed by atoms with Crippen molar-refractivity contribution >= 4 is 18.0 Å². The number of rotatable bonds is 4. The Kier molecular flexibility index (Phi) is 3.79. The second-order valence-corrected chi connectivity index (χ2v) is 4.91. The number of ether oxygens (including phenoxy) is 1. The summed E-state index contributed by atoms with van der Waals surface area (Å²) in [5, 5.41) is 0. The van der Waals surface area contributed by atoms with Crippen molar-refractivity contribution in [2.45, 2.75) is 26.2 Å². The maximum atomic E-state index is 12.4. The maximum absolute atomic E-state index is 12.4. The van der Waals surface area contributed by atoms with Crippen LogP contribution in [0.15, 0.2) is 24.3 Å². The van der Waals surface area contributed by atoms with Crippen molar-refractivity contribution in [2.75, 3.05) is 6.61 Å². The molecule has 0 fully saturated rings. The summed E-state index contributed by atoms with van der Waals surface area (Å²) >= 11 is 0. The molecule has 19 heavy (non-hydrogen) atoms. The molecule has 0 aliphatic heterocycles. The van der Waals surface area contributed by atoms with Gasteiger partial charge in [-0.2, -0.15) is 0 Å². The van der Waals surface area contributed by atoms with Crippen LogP contribution >= 0.6 is 0 Å². The number of Topliss-reactive ketones (excluding diaryl/α,β-unsaturated/α-hetero) is 1. The van der Waals surface area contributed by atoms with E-state index < -0.39 is 11.4 Å². The van der Waals surface area contributed by atoms with E-state index in [1.165, 1.54) is 0 Å². The van der Waals surface area contributed by atoms with Crippen LogP contribution in [0.5, 0.6) is 0 Å². The molecule has 4 nitrogen and oxygen atoms in total. The van der Waals surface area contributed by atoms with Gasteiger partial charge in [0, 0.05) is 12.0 Å². The predicted octanol–water partition coefficient (Wildman–Crippen LogP) is 1.95. The summed E-state index contributed by atoms with van der Waals surface area (Å²) in [6, 6.07) is 7.33. The summed E-state index contributed by atoms with van der Waals surface area (Å²) in [6.07, 6.45) is 1.98. The van der Waals surface area contributed by atoms with Gasteiger partial charge in [0.25, 0.3) is 0 Å². The van der Waals surface area contributed by atoms with Gasteiger partial charge in [-0.15, -0.1) is 0 Å². The number of carbonyl (C=O) groups excluding carboxylic acids is 3. The number of hydrogen-bond acceptors (Lipinski definition) is 4. The smallest absolute Gasteiger partial charge is 0.319 e. The van der Waals surface area contributed by atoms with Gasteiger partial charge < -0.3 is 9.53 Å². The molecule has 1 aliphatic rings. The molecule has 0 unspecified atom stereocenters. The van der Waals surface area contributed by atoms with Crippen molar-refractivity contribution < 1.29 is 19.1 Å². The van der Waals surface area contributed by atoms with Crippen molar-refractivity contribution in [2.24, 2.45) is 5.41 Å². The van der Waals surface area contributed by atoms with Crippen LogP contribution in [0.2, 0.25) is 0 Å². The summed E-state index contributed by atoms with van der Waals surface area (Å²) in [5.74, 6) is -0.723. The highest BCUT2D eigenvalue weighted by Crippen LogP contribution is 2.36. The first-order valence-electron chi connectivity index (χ1n) is 6.33. The van der Waals surface area contributed by atoms with E-state index in [2.05, 4.69) is 0 Å². The molecule has 0 saturated carbocycles. The van der Waals surface area contributed by atoms with Crippen molar-refractivity contribution in [1.29, 1.82) is 0 Å². The zero-order valence-electron chi connectivity index (χ0n) is 10.8. The van der Waals surface area contributed by atoms with Crippen LogP contribution in [-0.2, 0) is 20.7 Å². The Bertz CT molecular complexity index is 521. The lowest BCUT2D eigenvalue weighted by Gasteiger charge is -2.30. The summed E-state index contributed by atoms with van der Waals surface area (Å²) in [7, 11) is 0. The van der Waals surface area contributed by atoms with Crippen molar-refractivity contribution in [3.05, 3.63) is 35.4 Å². The summed E-state index contributed by atoms with van der Waals surface area (Å²) < 4.78 is 5.02. The van der Waals surface area contributed by atoms with Crippen molar-refractivity contribution in [3.63, 3.8) is 0 Å². The van der Waals surface area contributed by atoms with Crippen LogP contribution in [-0.4, -0.2) is 24.6 Å². The van der Waals surface area contributed by atoms with E-state index in [4.69, 9.17) is 4.74 Å². The minimum atomic E-state index is -1.13. The Balaban J connectivity index is 2.19. The summed E-state index contributed by atoms with van der Waals surface area (Å²) in [4.78, 5) is 34.7. The fraction of sp³-hybridized carbons (Fsp3) is 0.400. The van der Waals surface area contributed by atoms with Gasteiger partial charge in [0.05, 0.1) is 6.61 Å². The second-order valence-electron chi connectivity index (χ2n) is 4.91. The molecule has 1 aromatic carbocycles. The molecule has 0 aromatic heterocycles. The van der Waals surface area contributed by atoms with E-state index in [0.717, 1.165) is 5.56 Å². The molecule has 0 spiro atoms. The Hall–Kier alpha value is -1.97. The number of ketones is 1. The van der Waals surface area contributed by atoms with Crippen molar-refractivity contribution in [1.82, 2.24) is 0 Å². The van der Waals surface area contributed by atoms with Gasteiger partial charge in [-0.3, -0.25) is 9.59 Å². The Morgan fingerprint density at radius 2 is 2.16 bits per heavy atom. The average Bonchev–Trinajstić information content (AvgIpc) is 2.43. The lowest BCUT2D eigenvalue weighted by molar-refractivity contribution is -0.152. The van der Waals surface area contributed by atoms with Gasteiger partial charge in [0.15, 0.2) is 5.78 Å². The number of fused-ring (bicyclic) bond motifs is 1. The molecule has 2 rings (SSSR count). The van der Waals surface area contributed by atoms with E-state index >= 15 is 0 Å². The molecular weight excluding hydrogens is 244 g/mol. The number of esters is 1. The minimum absolute atomic E-state index is 0.0346. The third kappa shape index (κ3) is 2.43. The third-order valence-corrected chi connectivity index (χ3v) is 3.58. The van der Waals surface area contributed by atoms with Gasteiger partial charge in [-0.05, 0) is 25.3 Å². The fourth-order valence-electron chi connectivity index (χ4n) is 2.31. The molecule has 100 valence electrons. The third-order valence-electron chi connectivity index (χ3n) is 3.58. The van der Waals surface area contributed by atoms with Gasteiger partial charge in [-0.1, -0.05) is 24.3 Å². The molecule has 0 N–H and O–H groups in total. The van der Waals surface area contributed by atoms with E-state index in [-0.39, 0.29) is 18.8 Å². The van der Waals surface area contributed by atoms with Crippen LogP contribution in [0, 0.1) is 5.41 Å². The SMILES string of the molecule is C[C@@]1(C(=O)OCCC=O)CCc2ccccc2C1=O. The van der Waals surface area contributed by atoms with Crippen LogP contribution in [0.1, 0.15) is 35.7 Å². The molecule has 1 aliphatic carbocycles. The largest absolute Gasteiger partial charge is 0.464 e. The molecule has 0 heterocycles. The fourth-order valence-corrected chi connectivity index (χ4v) is 2.31. The average molecular weight is 260 g/mol. The van der Waals surface area contributed by atoms with Crippen LogP contribution in [0.25, 0.3) is 0 Å². The summed E-state index contributed by atoms with van der Waals surface area (Å²) in [6.45, 7) is 1.65. The highest BCUT2D eigenvalue weighted by atomic mass is 16.5. The van der Waals surface area contributed by atoms with Crippen LogP contribution in [0.3, 0.4) is 0 Å². The van der Waals surface area contributed by atoms with E-state index in [0.29, 0.717) is 24.7 Å². The number of benzene rings is 1. The number of hydrogen-bond donors (Lipinski definition) is 0. The van der Waals surface area contributed by atoms with Gasteiger partial charge in [0.1, 0.15) is 11.7 Å². The van der Waals surface area contributed by atoms with E-state index in [1.54, 1.807) is 19.1 Å². The Labute approximate surface area is 111 Å². The standard InChI is InChI=1S/C15H16O4/c1-15(14(18)19-10-4-9-16)8-7-11-5-2-3-6-12(11)13(15)17/h2-3,5-6,9H,4,7-8,10H2,1H3/t15-/m1/s1. The molecule has 0 amide bonds. The highest BCUT2D eigenvalue weighted by Gasteiger charge is 2.45. The lowest BCUT2D eigenvalue weighted by atomic mass is 9.72. The molecule has 1 aromatic rings. The molecule has 0 radical (unpaired) electrons. The van der Waals surface area contributed by atoms with Crippen LogP contribution in [0.4, 0.5) is 0 Å². The monoisotopic (exact) mass is 260 g/mol. The van der Waals surface area contributed by atoms with Gasteiger partial charge in [-0.25, -0.2) is 0 Å². The second kappa shape index (κ2) is 5.34. The van der Waals surface area contributed by atoms with Crippen molar-refractivity contribution in [3.8, 4) is 0 Å². The number of aldehydes is 1. The number of carbonyl (C=O) groups is 3. The zero-order valence-corrected chi connectivity index (χ0v) is 10.8. The van der Waals surface area contributed by atoms with E-state index in [9.17, 15) is 14.4 Å². The first-order valence-corrected chi connectivity index (χ1v) is 6.33.